The lowest BCUT2D eigenvalue weighted by Crippen LogP contribution is -2.35. The van der Waals surface area contributed by atoms with Crippen LogP contribution in [-0.2, 0) is 9.53 Å². The van der Waals surface area contributed by atoms with Crippen molar-refractivity contribution in [1.82, 2.24) is 10.3 Å². The van der Waals surface area contributed by atoms with E-state index < -0.39 is 5.97 Å². The molecule has 0 fully saturated rings. The van der Waals surface area contributed by atoms with E-state index in [0.29, 0.717) is 5.56 Å². The Morgan fingerprint density at radius 3 is 2.65 bits per heavy atom. The third-order valence-corrected chi connectivity index (χ3v) is 2.77. The van der Waals surface area contributed by atoms with Crippen LogP contribution in [0.25, 0.3) is 0 Å². The van der Waals surface area contributed by atoms with Crippen LogP contribution in [0.15, 0.2) is 12.3 Å². The van der Waals surface area contributed by atoms with Crippen molar-refractivity contribution in [3.63, 3.8) is 0 Å². The number of aromatic amines is 1. The van der Waals surface area contributed by atoms with E-state index in [4.69, 9.17) is 4.74 Å². The molecule has 110 valence electrons. The average Bonchev–Trinajstić information content (AvgIpc) is 2.86. The van der Waals surface area contributed by atoms with Gasteiger partial charge in [0.05, 0.1) is 0 Å². The molecular formula is C14H20N2O4. The highest BCUT2D eigenvalue weighted by molar-refractivity contribution is 5.97. The van der Waals surface area contributed by atoms with Gasteiger partial charge in [-0.05, 0) is 26.3 Å². The van der Waals surface area contributed by atoms with E-state index in [-0.39, 0.29) is 30.0 Å². The number of esters is 1. The third kappa shape index (κ3) is 4.87. The van der Waals surface area contributed by atoms with E-state index in [1.54, 1.807) is 0 Å². The maximum absolute atomic E-state index is 11.7. The number of amides is 1. The summed E-state index contributed by atoms with van der Waals surface area (Å²) in [7, 11) is 0. The summed E-state index contributed by atoms with van der Waals surface area (Å²) >= 11 is 0. The molecule has 0 bridgehead atoms. The number of H-pyrrole nitrogens is 1. The van der Waals surface area contributed by atoms with Gasteiger partial charge in [0, 0.05) is 17.8 Å². The van der Waals surface area contributed by atoms with Crippen LogP contribution in [0.1, 0.15) is 54.5 Å². The fourth-order valence-electron chi connectivity index (χ4n) is 1.75. The number of nitrogens with one attached hydrogen (secondary N) is 2. The summed E-state index contributed by atoms with van der Waals surface area (Å²) in [4.78, 5) is 36.9. The topological polar surface area (TPSA) is 88.3 Å². The number of hydrogen-bond donors (Lipinski definition) is 2. The highest BCUT2D eigenvalue weighted by atomic mass is 16.5. The Bertz CT molecular complexity index is 493. The first-order chi connectivity index (χ1) is 9.43. The predicted octanol–water partition coefficient (Wildman–Crippen LogP) is 1.68. The minimum atomic E-state index is -0.657. The summed E-state index contributed by atoms with van der Waals surface area (Å²) in [6.45, 7) is 5.00. The van der Waals surface area contributed by atoms with Crippen LogP contribution >= 0.6 is 0 Å². The summed E-state index contributed by atoms with van der Waals surface area (Å²) in [5, 5.41) is 2.73. The van der Waals surface area contributed by atoms with Gasteiger partial charge in [-0.15, -0.1) is 0 Å². The highest BCUT2D eigenvalue weighted by Gasteiger charge is 2.14. The van der Waals surface area contributed by atoms with E-state index in [2.05, 4.69) is 10.3 Å². The number of Topliss-reactive ketones (excluding diaryl/α,β-unsaturated/α-hetero) is 1. The molecule has 0 saturated heterocycles. The summed E-state index contributed by atoms with van der Waals surface area (Å²) in [6.07, 6.45) is 3.28. The first-order valence-electron chi connectivity index (χ1n) is 6.59. The molecule has 2 N–H and O–H groups in total. The van der Waals surface area contributed by atoms with E-state index in [1.165, 1.54) is 19.2 Å². The zero-order valence-corrected chi connectivity index (χ0v) is 12.0. The fraction of sp³-hybridized carbons (Fsp3) is 0.500. The molecule has 0 aliphatic carbocycles. The molecule has 1 aromatic rings. The Labute approximate surface area is 117 Å². The van der Waals surface area contributed by atoms with Crippen molar-refractivity contribution < 1.29 is 19.1 Å². The minimum absolute atomic E-state index is 0.0565. The van der Waals surface area contributed by atoms with Crippen LogP contribution in [0, 0.1) is 0 Å². The fourth-order valence-corrected chi connectivity index (χ4v) is 1.75. The second-order valence-corrected chi connectivity index (χ2v) is 4.69. The van der Waals surface area contributed by atoms with Crippen molar-refractivity contribution in [2.24, 2.45) is 0 Å². The minimum Gasteiger partial charge on any atom is -0.451 e. The lowest BCUT2D eigenvalue weighted by Gasteiger charge is -2.12. The smallest absolute Gasteiger partial charge is 0.355 e. The van der Waals surface area contributed by atoms with Crippen LogP contribution in [0.4, 0.5) is 0 Å². The Balaban J connectivity index is 2.42. The summed E-state index contributed by atoms with van der Waals surface area (Å²) < 4.78 is 4.87. The van der Waals surface area contributed by atoms with Gasteiger partial charge in [0.25, 0.3) is 5.91 Å². The third-order valence-electron chi connectivity index (χ3n) is 2.77. The van der Waals surface area contributed by atoms with Crippen LogP contribution in [0.2, 0.25) is 0 Å². The van der Waals surface area contributed by atoms with Crippen molar-refractivity contribution in [2.45, 2.75) is 39.7 Å². The highest BCUT2D eigenvalue weighted by Crippen LogP contribution is 2.05. The SMILES string of the molecule is CCCC(C)NC(=O)COC(=O)c1cc(C(C)=O)c[nH]1. The summed E-state index contributed by atoms with van der Waals surface area (Å²) in [6, 6.07) is 1.46. The van der Waals surface area contributed by atoms with Crippen molar-refractivity contribution in [3.8, 4) is 0 Å². The number of aromatic nitrogens is 1. The number of ether oxygens (including phenoxy) is 1. The first kappa shape index (κ1) is 15.9. The largest absolute Gasteiger partial charge is 0.451 e. The maximum atomic E-state index is 11.7. The van der Waals surface area contributed by atoms with Gasteiger partial charge in [-0.3, -0.25) is 9.59 Å². The van der Waals surface area contributed by atoms with Gasteiger partial charge in [0.2, 0.25) is 0 Å². The summed E-state index contributed by atoms with van der Waals surface area (Å²) in [5.74, 6) is -1.14. The number of carbonyl (C=O) groups excluding carboxylic acids is 3. The van der Waals surface area contributed by atoms with Crippen LogP contribution < -0.4 is 5.32 Å². The Morgan fingerprint density at radius 1 is 1.40 bits per heavy atom. The van der Waals surface area contributed by atoms with E-state index in [0.717, 1.165) is 12.8 Å². The lowest BCUT2D eigenvalue weighted by atomic mass is 10.2. The molecule has 1 atom stereocenters. The summed E-state index contributed by atoms with van der Waals surface area (Å²) in [5.41, 5.74) is 0.558. The molecule has 0 aliphatic heterocycles. The van der Waals surface area contributed by atoms with Crippen LogP contribution in [0.5, 0.6) is 0 Å². The second-order valence-electron chi connectivity index (χ2n) is 4.69. The zero-order valence-electron chi connectivity index (χ0n) is 12.0. The molecule has 1 amide bonds. The van der Waals surface area contributed by atoms with Gasteiger partial charge in [0.15, 0.2) is 12.4 Å². The van der Waals surface area contributed by atoms with Crippen molar-refractivity contribution in [3.05, 3.63) is 23.5 Å². The Hall–Kier alpha value is -2.11. The van der Waals surface area contributed by atoms with E-state index >= 15 is 0 Å². The molecule has 6 heteroatoms. The Kier molecular flexibility index (Phi) is 5.96. The molecule has 0 radical (unpaired) electrons. The molecule has 1 aromatic heterocycles. The molecule has 1 rings (SSSR count). The van der Waals surface area contributed by atoms with Gasteiger partial charge in [-0.25, -0.2) is 4.79 Å². The molecular weight excluding hydrogens is 260 g/mol. The van der Waals surface area contributed by atoms with Gasteiger partial charge in [0.1, 0.15) is 5.69 Å². The van der Waals surface area contributed by atoms with Gasteiger partial charge >= 0.3 is 5.97 Å². The van der Waals surface area contributed by atoms with Crippen molar-refractivity contribution >= 4 is 17.7 Å². The van der Waals surface area contributed by atoms with Gasteiger partial charge in [-0.1, -0.05) is 13.3 Å². The first-order valence-corrected chi connectivity index (χ1v) is 6.59. The lowest BCUT2D eigenvalue weighted by molar-refractivity contribution is -0.124. The second kappa shape index (κ2) is 7.47. The number of ketones is 1. The molecule has 20 heavy (non-hydrogen) atoms. The molecule has 0 aromatic carbocycles. The van der Waals surface area contributed by atoms with Gasteiger partial charge < -0.3 is 15.0 Å². The standard InChI is InChI=1S/C14H20N2O4/c1-4-5-9(2)16-13(18)8-20-14(19)12-6-11(7-15-12)10(3)17/h6-7,9,15H,4-5,8H2,1-3H3,(H,16,18). The van der Waals surface area contributed by atoms with Crippen LogP contribution in [-0.4, -0.2) is 35.3 Å². The monoisotopic (exact) mass is 280 g/mol. The predicted molar refractivity (Wildman–Crippen MR) is 73.6 cm³/mol. The molecule has 1 unspecified atom stereocenters. The number of carbonyl (C=O) groups is 3. The van der Waals surface area contributed by atoms with E-state index in [1.807, 2.05) is 13.8 Å². The van der Waals surface area contributed by atoms with Crippen LogP contribution in [0.3, 0.4) is 0 Å². The Morgan fingerprint density at radius 2 is 2.10 bits per heavy atom. The maximum Gasteiger partial charge on any atom is 0.355 e. The molecule has 6 nitrogen and oxygen atoms in total. The molecule has 1 heterocycles. The van der Waals surface area contributed by atoms with Crippen molar-refractivity contribution in [1.29, 1.82) is 0 Å². The average molecular weight is 280 g/mol. The van der Waals surface area contributed by atoms with Crippen molar-refractivity contribution in [2.75, 3.05) is 6.61 Å². The zero-order chi connectivity index (χ0) is 15.1. The molecule has 0 saturated carbocycles. The van der Waals surface area contributed by atoms with E-state index in [9.17, 15) is 14.4 Å². The molecule has 0 spiro atoms. The normalized spacial score (nSPS) is 11.8. The number of hydrogen-bond acceptors (Lipinski definition) is 4. The molecule has 0 aliphatic rings. The number of rotatable bonds is 7. The quantitative estimate of drug-likeness (QED) is 0.587. The van der Waals surface area contributed by atoms with Gasteiger partial charge in [-0.2, -0.15) is 0 Å².